The lowest BCUT2D eigenvalue weighted by molar-refractivity contribution is -0.150. The van der Waals surface area contributed by atoms with Crippen LogP contribution in [0.3, 0.4) is 0 Å². The van der Waals surface area contributed by atoms with Crippen LogP contribution in [0.1, 0.15) is 30.9 Å². The van der Waals surface area contributed by atoms with E-state index in [-0.39, 0.29) is 18.4 Å². The molecule has 1 saturated carbocycles. The maximum absolute atomic E-state index is 12.7. The van der Waals surface area contributed by atoms with Crippen molar-refractivity contribution >= 4 is 11.8 Å². The summed E-state index contributed by atoms with van der Waals surface area (Å²) in [6.45, 7) is 4.57. The Labute approximate surface area is 119 Å². The van der Waals surface area contributed by atoms with Crippen LogP contribution in [0.2, 0.25) is 0 Å². The predicted octanol–water partition coefficient (Wildman–Crippen LogP) is 1.62. The van der Waals surface area contributed by atoms with Gasteiger partial charge in [0.05, 0.1) is 6.54 Å². The van der Waals surface area contributed by atoms with Crippen molar-refractivity contribution in [3.63, 3.8) is 0 Å². The van der Waals surface area contributed by atoms with E-state index in [4.69, 9.17) is 0 Å². The number of amides is 2. The molecule has 2 fully saturated rings. The first-order valence-corrected chi connectivity index (χ1v) is 7.15. The van der Waals surface area contributed by atoms with Crippen LogP contribution >= 0.6 is 0 Å². The Morgan fingerprint density at radius 1 is 1.35 bits per heavy atom. The predicted molar refractivity (Wildman–Crippen MR) is 75.9 cm³/mol. The lowest BCUT2D eigenvalue weighted by Crippen LogP contribution is -2.66. The first-order chi connectivity index (χ1) is 9.49. The van der Waals surface area contributed by atoms with Crippen LogP contribution in [0.25, 0.3) is 0 Å². The third kappa shape index (κ3) is 2.30. The summed E-state index contributed by atoms with van der Waals surface area (Å²) in [5, 5.41) is 2.90. The molecule has 1 unspecified atom stereocenters. The number of benzene rings is 1. The van der Waals surface area contributed by atoms with Gasteiger partial charge in [-0.15, -0.1) is 0 Å². The van der Waals surface area contributed by atoms with E-state index in [2.05, 4.69) is 11.4 Å². The molecular formula is C16H20N2O2. The minimum absolute atomic E-state index is 0.0494. The molecular weight excluding hydrogens is 252 g/mol. The Balaban J connectivity index is 1.81. The Bertz CT molecular complexity index is 565. The maximum Gasteiger partial charge on any atom is 0.249 e. The second-order valence-electron chi connectivity index (χ2n) is 6.18. The monoisotopic (exact) mass is 272 g/mol. The summed E-state index contributed by atoms with van der Waals surface area (Å²) >= 11 is 0. The van der Waals surface area contributed by atoms with Crippen molar-refractivity contribution in [2.75, 3.05) is 6.54 Å². The fourth-order valence-electron chi connectivity index (χ4n) is 3.05. The van der Waals surface area contributed by atoms with Crippen molar-refractivity contribution in [2.24, 2.45) is 5.92 Å². The topological polar surface area (TPSA) is 49.4 Å². The van der Waals surface area contributed by atoms with Gasteiger partial charge in [-0.3, -0.25) is 9.59 Å². The Kier molecular flexibility index (Phi) is 3.04. The van der Waals surface area contributed by atoms with Gasteiger partial charge in [-0.2, -0.15) is 0 Å². The second-order valence-corrected chi connectivity index (χ2v) is 6.18. The molecule has 1 aliphatic carbocycles. The molecule has 1 atom stereocenters. The van der Waals surface area contributed by atoms with Crippen molar-refractivity contribution in [2.45, 2.75) is 38.8 Å². The number of nitrogens with zero attached hydrogens (tertiary/aromatic N) is 1. The van der Waals surface area contributed by atoms with E-state index < -0.39 is 5.54 Å². The van der Waals surface area contributed by atoms with Gasteiger partial charge in [0.15, 0.2) is 0 Å². The van der Waals surface area contributed by atoms with Crippen LogP contribution in [-0.2, 0) is 16.1 Å². The average Bonchev–Trinajstić information content (AvgIpc) is 3.20. The number of piperazine rings is 1. The summed E-state index contributed by atoms with van der Waals surface area (Å²) in [5.74, 6) is 0.312. The highest BCUT2D eigenvalue weighted by atomic mass is 16.2. The Morgan fingerprint density at radius 3 is 2.75 bits per heavy atom. The number of hydrogen-bond donors (Lipinski definition) is 1. The van der Waals surface area contributed by atoms with Crippen molar-refractivity contribution in [3.05, 3.63) is 35.4 Å². The van der Waals surface area contributed by atoms with Gasteiger partial charge in [-0.25, -0.2) is 0 Å². The van der Waals surface area contributed by atoms with Crippen LogP contribution in [-0.4, -0.2) is 28.8 Å². The molecule has 0 aromatic heterocycles. The van der Waals surface area contributed by atoms with Crippen molar-refractivity contribution < 1.29 is 9.59 Å². The number of nitrogens with one attached hydrogen (secondary N) is 1. The summed E-state index contributed by atoms with van der Waals surface area (Å²) in [4.78, 5) is 26.3. The molecule has 0 bridgehead atoms. The molecule has 1 aliphatic heterocycles. The summed E-state index contributed by atoms with van der Waals surface area (Å²) in [6, 6.07) is 8.08. The smallest absolute Gasteiger partial charge is 0.249 e. The Hall–Kier alpha value is -1.84. The third-order valence-corrected chi connectivity index (χ3v) is 4.31. The molecule has 4 heteroatoms. The van der Waals surface area contributed by atoms with Gasteiger partial charge in [0.1, 0.15) is 5.54 Å². The summed E-state index contributed by atoms with van der Waals surface area (Å²) in [7, 11) is 0. The highest BCUT2D eigenvalue weighted by Crippen LogP contribution is 2.41. The molecule has 1 saturated heterocycles. The standard InChI is InChI=1S/C16H20N2O2/c1-11-4-3-5-12(8-11)9-18-10-14(19)17-16(2,15(18)20)13-6-7-13/h3-5,8,13H,6-7,9-10H2,1-2H3,(H,17,19). The fraction of sp³-hybridized carbons (Fsp3) is 0.500. The van der Waals surface area contributed by atoms with Crippen molar-refractivity contribution in [1.82, 2.24) is 10.2 Å². The number of hydrogen-bond acceptors (Lipinski definition) is 2. The van der Waals surface area contributed by atoms with Gasteiger partial charge in [-0.1, -0.05) is 29.8 Å². The van der Waals surface area contributed by atoms with Gasteiger partial charge < -0.3 is 10.2 Å². The lowest BCUT2D eigenvalue weighted by Gasteiger charge is -2.40. The number of carbonyl (C=O) groups is 2. The molecule has 2 amide bonds. The van der Waals surface area contributed by atoms with Crippen LogP contribution in [0.5, 0.6) is 0 Å². The summed E-state index contributed by atoms with van der Waals surface area (Å²) < 4.78 is 0. The zero-order valence-electron chi connectivity index (χ0n) is 12.0. The van der Waals surface area contributed by atoms with Crippen molar-refractivity contribution in [3.8, 4) is 0 Å². The van der Waals surface area contributed by atoms with E-state index in [0.29, 0.717) is 12.5 Å². The average molecular weight is 272 g/mol. The fourth-order valence-corrected chi connectivity index (χ4v) is 3.05. The molecule has 20 heavy (non-hydrogen) atoms. The van der Waals surface area contributed by atoms with Gasteiger partial charge >= 0.3 is 0 Å². The third-order valence-electron chi connectivity index (χ3n) is 4.31. The highest BCUT2D eigenvalue weighted by Gasteiger charge is 2.52. The van der Waals surface area contributed by atoms with Crippen LogP contribution < -0.4 is 5.32 Å². The first kappa shape index (κ1) is 13.2. The second kappa shape index (κ2) is 4.62. The SMILES string of the molecule is Cc1cccc(CN2CC(=O)NC(C)(C3CC3)C2=O)c1. The molecule has 0 spiro atoms. The van der Waals surface area contributed by atoms with E-state index in [9.17, 15) is 9.59 Å². The zero-order chi connectivity index (χ0) is 14.3. The highest BCUT2D eigenvalue weighted by molar-refractivity contribution is 5.98. The van der Waals surface area contributed by atoms with Crippen LogP contribution in [0.4, 0.5) is 0 Å². The molecule has 4 nitrogen and oxygen atoms in total. The molecule has 1 aromatic rings. The molecule has 1 aromatic carbocycles. The lowest BCUT2D eigenvalue weighted by atomic mass is 9.91. The summed E-state index contributed by atoms with van der Waals surface area (Å²) in [5.41, 5.74) is 1.55. The van der Waals surface area contributed by atoms with E-state index >= 15 is 0 Å². The van der Waals surface area contributed by atoms with Gasteiger partial charge in [0.25, 0.3) is 0 Å². The van der Waals surface area contributed by atoms with E-state index in [1.54, 1.807) is 4.90 Å². The summed E-state index contributed by atoms with van der Waals surface area (Å²) in [6.07, 6.45) is 2.06. The quantitative estimate of drug-likeness (QED) is 0.909. The van der Waals surface area contributed by atoms with Crippen LogP contribution in [0.15, 0.2) is 24.3 Å². The minimum Gasteiger partial charge on any atom is -0.340 e. The number of carbonyl (C=O) groups excluding carboxylic acids is 2. The minimum atomic E-state index is -0.695. The van der Waals surface area contributed by atoms with E-state index in [1.807, 2.05) is 32.0 Å². The van der Waals surface area contributed by atoms with Gasteiger partial charge in [-0.05, 0) is 38.2 Å². The van der Waals surface area contributed by atoms with E-state index in [0.717, 1.165) is 18.4 Å². The first-order valence-electron chi connectivity index (χ1n) is 7.15. The molecule has 0 radical (unpaired) electrons. The Morgan fingerprint density at radius 2 is 2.10 bits per heavy atom. The van der Waals surface area contributed by atoms with Gasteiger partial charge in [0, 0.05) is 6.54 Å². The normalized spacial score (nSPS) is 26.6. The van der Waals surface area contributed by atoms with Crippen molar-refractivity contribution in [1.29, 1.82) is 0 Å². The molecule has 1 heterocycles. The molecule has 106 valence electrons. The number of rotatable bonds is 3. The number of aryl methyl sites for hydroxylation is 1. The van der Waals surface area contributed by atoms with E-state index in [1.165, 1.54) is 5.56 Å². The maximum atomic E-state index is 12.7. The largest absolute Gasteiger partial charge is 0.340 e. The zero-order valence-corrected chi connectivity index (χ0v) is 12.0. The van der Waals surface area contributed by atoms with Gasteiger partial charge in [0.2, 0.25) is 11.8 Å². The molecule has 1 N–H and O–H groups in total. The van der Waals surface area contributed by atoms with Crippen LogP contribution in [0, 0.1) is 12.8 Å². The molecule has 2 aliphatic rings. The molecule has 3 rings (SSSR count).